The van der Waals surface area contributed by atoms with Crippen LogP contribution in [0.15, 0.2) is 54.6 Å². The number of H-pyrrole nitrogens is 1. The molecule has 0 spiro atoms. The number of aromatic amines is 1. The Balaban J connectivity index is 1.35. The Hall–Kier alpha value is -4.20. The van der Waals surface area contributed by atoms with Crippen LogP contribution in [0.3, 0.4) is 0 Å². The van der Waals surface area contributed by atoms with Crippen molar-refractivity contribution >= 4 is 34.6 Å². The van der Waals surface area contributed by atoms with Gasteiger partial charge in [0.2, 0.25) is 12.7 Å². The highest BCUT2D eigenvalue weighted by Gasteiger charge is 2.16. The number of aromatic nitrogens is 2. The summed E-state index contributed by atoms with van der Waals surface area (Å²) in [6, 6.07) is 14.1. The highest BCUT2D eigenvalue weighted by atomic mass is 19.1. The van der Waals surface area contributed by atoms with Gasteiger partial charge < -0.3 is 14.8 Å². The molecule has 32 heavy (non-hydrogen) atoms. The molecule has 2 N–H and O–H groups in total. The Morgan fingerprint density at radius 2 is 1.84 bits per heavy atom. The molecule has 1 aromatic heterocycles. The van der Waals surface area contributed by atoms with Crippen molar-refractivity contribution in [2.24, 2.45) is 0 Å². The summed E-state index contributed by atoms with van der Waals surface area (Å²) < 4.78 is 38.2. The average molecular weight is 433 g/mol. The van der Waals surface area contributed by atoms with Crippen LogP contribution in [0.2, 0.25) is 0 Å². The summed E-state index contributed by atoms with van der Waals surface area (Å²) in [5.41, 5.74) is 2.63. The van der Waals surface area contributed by atoms with Crippen molar-refractivity contribution in [1.82, 2.24) is 10.2 Å². The second-order valence-corrected chi connectivity index (χ2v) is 7.28. The zero-order valence-electron chi connectivity index (χ0n) is 16.7. The first-order valence-corrected chi connectivity index (χ1v) is 9.85. The minimum absolute atomic E-state index is 0.0524. The lowest BCUT2D eigenvalue weighted by atomic mass is 10.1. The van der Waals surface area contributed by atoms with Crippen LogP contribution in [-0.4, -0.2) is 22.9 Å². The second-order valence-electron chi connectivity index (χ2n) is 7.28. The van der Waals surface area contributed by atoms with Crippen LogP contribution in [0.25, 0.3) is 23.1 Å². The number of hydrogen-bond donors (Lipinski definition) is 2. The summed E-state index contributed by atoms with van der Waals surface area (Å²) in [5.74, 6) is -0.0436. The van der Waals surface area contributed by atoms with Crippen molar-refractivity contribution in [3.63, 3.8) is 0 Å². The number of amides is 1. The topological polar surface area (TPSA) is 76.2 Å². The maximum Gasteiger partial charge on any atom is 0.231 e. The van der Waals surface area contributed by atoms with E-state index < -0.39 is 5.82 Å². The van der Waals surface area contributed by atoms with Crippen LogP contribution in [-0.2, 0) is 11.2 Å². The number of nitrogens with one attached hydrogen (secondary N) is 2. The molecule has 0 unspecified atom stereocenters. The largest absolute Gasteiger partial charge is 0.454 e. The van der Waals surface area contributed by atoms with E-state index in [9.17, 15) is 13.6 Å². The quantitative estimate of drug-likeness (QED) is 0.468. The Morgan fingerprint density at radius 3 is 2.69 bits per heavy atom. The minimum atomic E-state index is -0.575. The van der Waals surface area contributed by atoms with Gasteiger partial charge in [0.1, 0.15) is 11.6 Å². The number of carbonyl (C=O) groups excluding carboxylic acids is 1. The highest BCUT2D eigenvalue weighted by molar-refractivity contribution is 5.97. The highest BCUT2D eigenvalue weighted by Crippen LogP contribution is 2.33. The number of nitrogens with zero attached hydrogens (tertiary/aromatic N) is 1. The molecular formula is C24H17F2N3O3. The molecule has 6 nitrogen and oxygen atoms in total. The third kappa shape index (κ3) is 4.02. The lowest BCUT2D eigenvalue weighted by Crippen LogP contribution is -2.15. The maximum atomic E-state index is 14.5. The van der Waals surface area contributed by atoms with Gasteiger partial charge >= 0.3 is 0 Å². The van der Waals surface area contributed by atoms with E-state index in [1.54, 1.807) is 42.5 Å². The van der Waals surface area contributed by atoms with Gasteiger partial charge in [-0.1, -0.05) is 24.3 Å². The molecule has 1 aliphatic rings. The van der Waals surface area contributed by atoms with Crippen molar-refractivity contribution in [3.8, 4) is 11.5 Å². The van der Waals surface area contributed by atoms with E-state index in [0.29, 0.717) is 28.1 Å². The first-order valence-electron chi connectivity index (χ1n) is 9.85. The predicted octanol–water partition coefficient (Wildman–Crippen LogP) is 4.92. The van der Waals surface area contributed by atoms with Crippen molar-refractivity contribution in [2.45, 2.75) is 6.42 Å². The SMILES string of the molecule is O=C(Cc1ccc2c(c1)OCO2)Nc1cc2c(/C=C/c3ccc(F)cc3)n[nH]c2cc1F. The molecule has 0 bridgehead atoms. The summed E-state index contributed by atoms with van der Waals surface area (Å²) in [6.07, 6.45) is 3.56. The Kier molecular flexibility index (Phi) is 5.03. The third-order valence-corrected chi connectivity index (χ3v) is 5.06. The molecule has 1 aliphatic heterocycles. The molecule has 0 atom stereocenters. The first-order chi connectivity index (χ1) is 15.5. The molecule has 0 aliphatic carbocycles. The van der Waals surface area contributed by atoms with Crippen molar-refractivity contribution in [3.05, 3.63) is 83.1 Å². The zero-order valence-corrected chi connectivity index (χ0v) is 16.7. The smallest absolute Gasteiger partial charge is 0.231 e. The van der Waals surface area contributed by atoms with Crippen LogP contribution >= 0.6 is 0 Å². The van der Waals surface area contributed by atoms with Gasteiger partial charge in [-0.05, 0) is 47.5 Å². The number of halogens is 2. The normalized spacial score (nSPS) is 12.6. The molecule has 2 heterocycles. The lowest BCUT2D eigenvalue weighted by Gasteiger charge is -2.08. The fourth-order valence-corrected chi connectivity index (χ4v) is 3.46. The van der Waals surface area contributed by atoms with Gasteiger partial charge in [-0.15, -0.1) is 0 Å². The fraction of sp³-hybridized carbons (Fsp3) is 0.0833. The van der Waals surface area contributed by atoms with Crippen molar-refractivity contribution in [1.29, 1.82) is 0 Å². The Labute approximate surface area is 181 Å². The number of rotatable bonds is 5. The van der Waals surface area contributed by atoms with Gasteiger partial charge in [0.05, 0.1) is 23.3 Å². The summed E-state index contributed by atoms with van der Waals surface area (Å²) in [5, 5.41) is 10.2. The molecule has 0 saturated heterocycles. The van der Waals surface area contributed by atoms with Crippen molar-refractivity contribution < 1.29 is 23.0 Å². The van der Waals surface area contributed by atoms with E-state index in [1.165, 1.54) is 24.3 Å². The average Bonchev–Trinajstić information content (AvgIpc) is 3.40. The molecular weight excluding hydrogens is 416 g/mol. The number of anilines is 1. The summed E-state index contributed by atoms with van der Waals surface area (Å²) in [7, 11) is 0. The predicted molar refractivity (Wildman–Crippen MR) is 116 cm³/mol. The standard InChI is InChI=1S/C24H17F2N3O3/c25-16-5-1-14(2-6-16)3-7-19-17-11-21(18(26)12-20(17)29-28-19)27-24(30)10-15-4-8-22-23(9-15)32-13-31-22/h1-9,11-12H,10,13H2,(H,27,30)(H,28,29)/b7-3+. The maximum absolute atomic E-state index is 14.5. The van der Waals surface area contributed by atoms with Gasteiger partial charge in [-0.2, -0.15) is 5.10 Å². The third-order valence-electron chi connectivity index (χ3n) is 5.06. The van der Waals surface area contributed by atoms with Gasteiger partial charge in [0.25, 0.3) is 0 Å². The van der Waals surface area contributed by atoms with Gasteiger partial charge in [-0.3, -0.25) is 9.89 Å². The summed E-state index contributed by atoms with van der Waals surface area (Å²) >= 11 is 0. The minimum Gasteiger partial charge on any atom is -0.454 e. The number of benzene rings is 3. The van der Waals surface area contributed by atoms with Crippen LogP contribution in [0, 0.1) is 11.6 Å². The number of carbonyl (C=O) groups is 1. The lowest BCUT2D eigenvalue weighted by molar-refractivity contribution is -0.115. The molecule has 5 rings (SSSR count). The number of hydrogen-bond acceptors (Lipinski definition) is 4. The van der Waals surface area contributed by atoms with E-state index in [2.05, 4.69) is 15.5 Å². The van der Waals surface area contributed by atoms with Crippen LogP contribution in [0.1, 0.15) is 16.8 Å². The molecule has 1 amide bonds. The van der Waals surface area contributed by atoms with Crippen molar-refractivity contribution in [2.75, 3.05) is 12.1 Å². The van der Waals surface area contributed by atoms with Crippen LogP contribution < -0.4 is 14.8 Å². The molecule has 0 saturated carbocycles. The molecule has 3 aromatic carbocycles. The number of fused-ring (bicyclic) bond motifs is 2. The van der Waals surface area contributed by atoms with Crippen LogP contribution in [0.5, 0.6) is 11.5 Å². The van der Waals surface area contributed by atoms with E-state index in [4.69, 9.17) is 9.47 Å². The Morgan fingerprint density at radius 1 is 1.03 bits per heavy atom. The summed E-state index contributed by atoms with van der Waals surface area (Å²) in [4.78, 5) is 12.5. The van der Waals surface area contributed by atoms with E-state index in [1.807, 2.05) is 0 Å². The van der Waals surface area contributed by atoms with E-state index >= 15 is 0 Å². The number of ether oxygens (including phenoxy) is 2. The monoisotopic (exact) mass is 433 g/mol. The molecule has 4 aromatic rings. The van der Waals surface area contributed by atoms with E-state index in [-0.39, 0.29) is 30.6 Å². The zero-order chi connectivity index (χ0) is 22.1. The molecule has 0 fully saturated rings. The van der Waals surface area contributed by atoms with Gasteiger partial charge in [0, 0.05) is 11.5 Å². The Bertz CT molecular complexity index is 1350. The van der Waals surface area contributed by atoms with Gasteiger partial charge in [-0.25, -0.2) is 8.78 Å². The first kappa shape index (κ1) is 19.7. The summed E-state index contributed by atoms with van der Waals surface area (Å²) in [6.45, 7) is 0.152. The fourth-order valence-electron chi connectivity index (χ4n) is 3.46. The van der Waals surface area contributed by atoms with Gasteiger partial charge in [0.15, 0.2) is 11.5 Å². The second kappa shape index (κ2) is 8.14. The molecule has 160 valence electrons. The molecule has 8 heteroatoms. The van der Waals surface area contributed by atoms with E-state index in [0.717, 1.165) is 11.1 Å². The van der Waals surface area contributed by atoms with Crippen LogP contribution in [0.4, 0.5) is 14.5 Å². The molecule has 0 radical (unpaired) electrons.